The van der Waals surface area contributed by atoms with E-state index in [1.165, 1.54) is 0 Å². The first-order valence-electron chi connectivity index (χ1n) is 7.08. The van der Waals surface area contributed by atoms with Crippen molar-refractivity contribution < 1.29 is 4.42 Å². The fraction of sp³-hybridized carbons (Fsp3) is 0.278. The summed E-state index contributed by atoms with van der Waals surface area (Å²) >= 11 is 0. The molecule has 0 amide bonds. The lowest BCUT2D eigenvalue weighted by atomic mass is 10.0. The highest BCUT2D eigenvalue weighted by Gasteiger charge is 2.12. The number of benzene rings is 2. The van der Waals surface area contributed by atoms with Crippen molar-refractivity contribution in [2.75, 3.05) is 0 Å². The number of aryl methyl sites for hydroxylation is 3. The SMILES string of the molecule is CCCc1cccc2c(=O)c3ccc(C)c(C)c3oc12. The van der Waals surface area contributed by atoms with E-state index in [1.54, 1.807) is 0 Å². The second-order valence-corrected chi connectivity index (χ2v) is 5.36. The highest BCUT2D eigenvalue weighted by atomic mass is 16.3. The summed E-state index contributed by atoms with van der Waals surface area (Å²) < 4.78 is 6.12. The van der Waals surface area contributed by atoms with Crippen molar-refractivity contribution in [3.63, 3.8) is 0 Å². The Kier molecular flexibility index (Phi) is 3.09. The molecule has 0 saturated carbocycles. The molecule has 0 saturated heterocycles. The van der Waals surface area contributed by atoms with Gasteiger partial charge in [-0.25, -0.2) is 0 Å². The Hall–Kier alpha value is -2.09. The van der Waals surface area contributed by atoms with Crippen LogP contribution in [0.5, 0.6) is 0 Å². The van der Waals surface area contributed by atoms with Crippen LogP contribution in [0.15, 0.2) is 39.5 Å². The largest absolute Gasteiger partial charge is 0.455 e. The third-order valence-electron chi connectivity index (χ3n) is 3.99. The van der Waals surface area contributed by atoms with Crippen molar-refractivity contribution in [2.45, 2.75) is 33.6 Å². The fourth-order valence-corrected chi connectivity index (χ4v) is 2.70. The van der Waals surface area contributed by atoms with Gasteiger partial charge in [0, 0.05) is 0 Å². The quantitative estimate of drug-likeness (QED) is 0.638. The second-order valence-electron chi connectivity index (χ2n) is 5.36. The maximum absolute atomic E-state index is 12.6. The van der Waals surface area contributed by atoms with Crippen molar-refractivity contribution in [2.24, 2.45) is 0 Å². The van der Waals surface area contributed by atoms with Crippen LogP contribution in [0.3, 0.4) is 0 Å². The topological polar surface area (TPSA) is 30.2 Å². The zero-order valence-electron chi connectivity index (χ0n) is 12.1. The minimum atomic E-state index is 0.0716. The van der Waals surface area contributed by atoms with E-state index in [2.05, 4.69) is 6.92 Å². The van der Waals surface area contributed by atoms with Gasteiger partial charge in [0.05, 0.1) is 10.8 Å². The average Bonchev–Trinajstić information content (AvgIpc) is 2.45. The Morgan fingerprint density at radius 2 is 1.75 bits per heavy atom. The molecule has 0 radical (unpaired) electrons. The van der Waals surface area contributed by atoms with Crippen LogP contribution >= 0.6 is 0 Å². The first-order chi connectivity index (χ1) is 9.63. The summed E-state index contributed by atoms with van der Waals surface area (Å²) in [6.07, 6.45) is 1.96. The van der Waals surface area contributed by atoms with E-state index in [0.29, 0.717) is 10.8 Å². The molecular formula is C18H18O2. The number of fused-ring (bicyclic) bond motifs is 2. The molecule has 1 heterocycles. The van der Waals surface area contributed by atoms with Crippen LogP contribution < -0.4 is 5.43 Å². The Morgan fingerprint density at radius 1 is 1.00 bits per heavy atom. The first-order valence-corrected chi connectivity index (χ1v) is 7.08. The van der Waals surface area contributed by atoms with E-state index in [0.717, 1.165) is 40.7 Å². The van der Waals surface area contributed by atoms with E-state index in [9.17, 15) is 4.79 Å². The number of hydrogen-bond acceptors (Lipinski definition) is 2. The summed E-state index contributed by atoms with van der Waals surface area (Å²) in [5.74, 6) is 0. The third kappa shape index (κ3) is 1.83. The zero-order chi connectivity index (χ0) is 14.3. The van der Waals surface area contributed by atoms with Gasteiger partial charge in [0.1, 0.15) is 11.2 Å². The molecule has 2 nitrogen and oxygen atoms in total. The Labute approximate surface area is 118 Å². The molecule has 0 fully saturated rings. The normalized spacial score (nSPS) is 11.3. The summed E-state index contributed by atoms with van der Waals surface area (Å²) in [6, 6.07) is 9.70. The predicted molar refractivity (Wildman–Crippen MR) is 83.5 cm³/mol. The van der Waals surface area contributed by atoms with Gasteiger partial charge in [0.25, 0.3) is 0 Å². The molecule has 0 aliphatic rings. The summed E-state index contributed by atoms with van der Waals surface area (Å²) in [5, 5.41) is 1.36. The molecule has 2 heteroatoms. The van der Waals surface area contributed by atoms with E-state index in [1.807, 2.05) is 44.2 Å². The summed E-state index contributed by atoms with van der Waals surface area (Å²) in [6.45, 7) is 6.18. The molecule has 2 aromatic carbocycles. The highest BCUT2D eigenvalue weighted by molar-refractivity contribution is 5.92. The van der Waals surface area contributed by atoms with Gasteiger partial charge < -0.3 is 4.42 Å². The lowest BCUT2D eigenvalue weighted by Crippen LogP contribution is -2.04. The Morgan fingerprint density at radius 3 is 2.50 bits per heavy atom. The highest BCUT2D eigenvalue weighted by Crippen LogP contribution is 2.26. The van der Waals surface area contributed by atoms with Gasteiger partial charge >= 0.3 is 0 Å². The lowest BCUT2D eigenvalue weighted by molar-refractivity contribution is 0.648. The van der Waals surface area contributed by atoms with Gasteiger partial charge in [-0.2, -0.15) is 0 Å². The molecule has 0 aliphatic carbocycles. The van der Waals surface area contributed by atoms with Crippen LogP contribution in [-0.4, -0.2) is 0 Å². The van der Waals surface area contributed by atoms with Crippen molar-refractivity contribution >= 4 is 21.9 Å². The van der Waals surface area contributed by atoms with Crippen LogP contribution in [0.1, 0.15) is 30.0 Å². The molecule has 0 N–H and O–H groups in total. The minimum absolute atomic E-state index is 0.0716. The van der Waals surface area contributed by atoms with Crippen molar-refractivity contribution in [3.8, 4) is 0 Å². The van der Waals surface area contributed by atoms with Gasteiger partial charge in [-0.1, -0.05) is 31.5 Å². The molecule has 0 atom stereocenters. The van der Waals surface area contributed by atoms with Gasteiger partial charge in [-0.3, -0.25) is 4.79 Å². The maximum Gasteiger partial charge on any atom is 0.200 e. The third-order valence-corrected chi connectivity index (χ3v) is 3.99. The van der Waals surface area contributed by atoms with Crippen LogP contribution in [-0.2, 0) is 6.42 Å². The number of hydrogen-bond donors (Lipinski definition) is 0. The van der Waals surface area contributed by atoms with Crippen molar-refractivity contribution in [1.29, 1.82) is 0 Å². The Balaban J connectivity index is 2.51. The molecule has 3 aromatic rings. The monoisotopic (exact) mass is 266 g/mol. The summed E-state index contributed by atoms with van der Waals surface area (Å²) in [5.41, 5.74) is 4.86. The average molecular weight is 266 g/mol. The molecule has 102 valence electrons. The van der Waals surface area contributed by atoms with E-state index >= 15 is 0 Å². The molecule has 1 aromatic heterocycles. The van der Waals surface area contributed by atoms with Gasteiger partial charge in [0.2, 0.25) is 5.43 Å². The molecule has 0 bridgehead atoms. The van der Waals surface area contributed by atoms with Crippen LogP contribution in [0.4, 0.5) is 0 Å². The first kappa shape index (κ1) is 12.9. The molecule has 3 rings (SSSR count). The standard InChI is InChI=1S/C18H18O2/c1-4-6-13-7-5-8-14-16(19)15-10-9-11(2)12(3)17(15)20-18(13)14/h5,7-10H,4,6H2,1-3H3. The van der Waals surface area contributed by atoms with Crippen molar-refractivity contribution in [3.05, 3.63) is 57.2 Å². The predicted octanol–water partition coefficient (Wildman–Crippen LogP) is 4.52. The smallest absolute Gasteiger partial charge is 0.200 e. The van der Waals surface area contributed by atoms with Crippen molar-refractivity contribution in [1.82, 2.24) is 0 Å². The lowest BCUT2D eigenvalue weighted by Gasteiger charge is -2.09. The van der Waals surface area contributed by atoms with E-state index < -0.39 is 0 Å². The fourth-order valence-electron chi connectivity index (χ4n) is 2.70. The van der Waals surface area contributed by atoms with Crippen LogP contribution in [0, 0.1) is 13.8 Å². The molecule has 0 spiro atoms. The molecule has 0 unspecified atom stereocenters. The Bertz CT molecular complexity index is 857. The molecule has 0 aliphatic heterocycles. The number of para-hydroxylation sites is 1. The summed E-state index contributed by atoms with van der Waals surface area (Å²) in [4.78, 5) is 12.6. The van der Waals surface area contributed by atoms with Gasteiger partial charge in [-0.15, -0.1) is 0 Å². The molecule has 20 heavy (non-hydrogen) atoms. The zero-order valence-corrected chi connectivity index (χ0v) is 12.1. The van der Waals surface area contributed by atoms with E-state index in [4.69, 9.17) is 4.42 Å². The van der Waals surface area contributed by atoms with Gasteiger partial charge in [0.15, 0.2) is 0 Å². The van der Waals surface area contributed by atoms with Crippen LogP contribution in [0.25, 0.3) is 21.9 Å². The minimum Gasteiger partial charge on any atom is -0.455 e. The van der Waals surface area contributed by atoms with E-state index in [-0.39, 0.29) is 5.43 Å². The number of rotatable bonds is 2. The van der Waals surface area contributed by atoms with Crippen LogP contribution in [0.2, 0.25) is 0 Å². The maximum atomic E-state index is 12.6. The molecular weight excluding hydrogens is 248 g/mol. The second kappa shape index (κ2) is 4.78. The van der Waals surface area contributed by atoms with Gasteiger partial charge in [-0.05, 0) is 49.1 Å². The summed E-state index contributed by atoms with van der Waals surface area (Å²) in [7, 11) is 0.